The highest BCUT2D eigenvalue weighted by Gasteiger charge is 2.23. The number of H-pyrrole nitrogens is 1. The Balaban J connectivity index is 1.50. The number of benzene rings is 1. The Morgan fingerprint density at radius 2 is 1.94 bits per heavy atom. The normalized spacial score (nSPS) is 18.2. The molecule has 0 radical (unpaired) electrons. The number of rotatable bonds is 5. The Bertz CT molecular complexity index is 1160. The smallest absolute Gasteiger partial charge is 0.277 e. The maximum Gasteiger partial charge on any atom is 0.277 e. The van der Waals surface area contributed by atoms with Gasteiger partial charge in [-0.3, -0.25) is 9.48 Å². The van der Waals surface area contributed by atoms with Crippen molar-refractivity contribution >= 4 is 16.7 Å². The van der Waals surface area contributed by atoms with Gasteiger partial charge in [0.05, 0.1) is 24.4 Å². The molecular formula is C24H31N5O3. The molecule has 8 nitrogen and oxygen atoms in total. The molecule has 170 valence electrons. The van der Waals surface area contributed by atoms with Crippen molar-refractivity contribution in [1.29, 1.82) is 0 Å². The Morgan fingerprint density at radius 3 is 2.69 bits per heavy atom. The van der Waals surface area contributed by atoms with Crippen LogP contribution in [-0.4, -0.2) is 46.1 Å². The maximum absolute atomic E-state index is 13.2. The average molecular weight is 438 g/mol. The Kier molecular flexibility index (Phi) is 5.87. The molecule has 0 spiro atoms. The lowest BCUT2D eigenvalue weighted by Gasteiger charge is -2.24. The second-order valence-electron chi connectivity index (χ2n) is 8.88. The van der Waals surface area contributed by atoms with E-state index >= 15 is 0 Å². The lowest BCUT2D eigenvalue weighted by atomic mass is 9.95. The van der Waals surface area contributed by atoms with Gasteiger partial charge >= 0.3 is 0 Å². The minimum Gasteiger partial charge on any atom is -0.496 e. The standard InChI is InChI=1S/C24H31N5O3/c1-15-21-22(29(28-15)18-6-4-3-5-7-18)24(30)27-23(26-21)19-9-8-17(14-20(19)31-2)25-16-10-12-32-13-11-16/h8-9,14,16,18,25H,3-7,10-13H2,1-2H3,(H,26,27,30). The van der Waals surface area contributed by atoms with E-state index in [0.29, 0.717) is 28.6 Å². The van der Waals surface area contributed by atoms with Crippen LogP contribution in [0.25, 0.3) is 22.4 Å². The molecule has 1 saturated carbocycles. The summed E-state index contributed by atoms with van der Waals surface area (Å²) in [5.74, 6) is 1.17. The molecule has 5 rings (SSSR count). The van der Waals surface area contributed by atoms with Gasteiger partial charge in [-0.25, -0.2) is 4.98 Å². The van der Waals surface area contributed by atoms with E-state index in [1.807, 2.05) is 29.8 Å². The monoisotopic (exact) mass is 437 g/mol. The van der Waals surface area contributed by atoms with Gasteiger partial charge in [-0.15, -0.1) is 0 Å². The highest BCUT2D eigenvalue weighted by atomic mass is 16.5. The number of aromatic amines is 1. The number of nitrogens with zero attached hydrogens (tertiary/aromatic N) is 3. The molecule has 0 atom stereocenters. The molecule has 1 saturated heterocycles. The number of nitrogens with one attached hydrogen (secondary N) is 2. The number of fused-ring (bicyclic) bond motifs is 1. The topological polar surface area (TPSA) is 94.1 Å². The quantitative estimate of drug-likeness (QED) is 0.621. The first kappa shape index (κ1) is 21.0. The van der Waals surface area contributed by atoms with Crippen molar-refractivity contribution in [1.82, 2.24) is 19.7 Å². The van der Waals surface area contributed by atoms with Gasteiger partial charge in [0.15, 0.2) is 5.52 Å². The van der Waals surface area contributed by atoms with Crippen LogP contribution in [0.1, 0.15) is 56.7 Å². The molecule has 2 fully saturated rings. The van der Waals surface area contributed by atoms with E-state index < -0.39 is 0 Å². The van der Waals surface area contributed by atoms with Crippen LogP contribution in [0.2, 0.25) is 0 Å². The zero-order valence-corrected chi connectivity index (χ0v) is 18.8. The molecule has 1 aliphatic carbocycles. The summed E-state index contributed by atoms with van der Waals surface area (Å²) in [5, 5.41) is 8.27. The van der Waals surface area contributed by atoms with Crippen molar-refractivity contribution in [2.45, 2.75) is 64.0 Å². The van der Waals surface area contributed by atoms with Crippen molar-refractivity contribution in [2.24, 2.45) is 0 Å². The summed E-state index contributed by atoms with van der Waals surface area (Å²) in [5.41, 5.74) is 3.63. The predicted molar refractivity (Wildman–Crippen MR) is 124 cm³/mol. The molecule has 3 aromatic rings. The fourth-order valence-electron chi connectivity index (χ4n) is 4.96. The zero-order valence-electron chi connectivity index (χ0n) is 18.8. The Labute approximate surface area is 187 Å². The molecule has 32 heavy (non-hydrogen) atoms. The van der Waals surface area contributed by atoms with E-state index in [1.54, 1.807) is 7.11 Å². The minimum atomic E-state index is -0.150. The van der Waals surface area contributed by atoms with Crippen LogP contribution in [0.15, 0.2) is 23.0 Å². The van der Waals surface area contributed by atoms with Crippen LogP contribution >= 0.6 is 0 Å². The number of anilines is 1. The third-order valence-electron chi connectivity index (χ3n) is 6.69. The predicted octanol–water partition coefficient (Wildman–Crippen LogP) is 4.20. The summed E-state index contributed by atoms with van der Waals surface area (Å²) in [6.07, 6.45) is 7.71. The van der Waals surface area contributed by atoms with E-state index in [2.05, 4.69) is 10.3 Å². The minimum absolute atomic E-state index is 0.150. The van der Waals surface area contributed by atoms with E-state index in [1.165, 1.54) is 19.3 Å². The number of methoxy groups -OCH3 is 1. The van der Waals surface area contributed by atoms with Crippen molar-refractivity contribution in [2.75, 3.05) is 25.6 Å². The molecule has 8 heteroatoms. The fraction of sp³-hybridized carbons (Fsp3) is 0.542. The number of aryl methyl sites for hydroxylation is 1. The summed E-state index contributed by atoms with van der Waals surface area (Å²) in [7, 11) is 1.64. The zero-order chi connectivity index (χ0) is 22.1. The molecule has 3 heterocycles. The van der Waals surface area contributed by atoms with E-state index in [4.69, 9.17) is 19.6 Å². The molecule has 1 aliphatic heterocycles. The lowest BCUT2D eigenvalue weighted by Crippen LogP contribution is -2.27. The third kappa shape index (κ3) is 3.99. The first-order valence-electron chi connectivity index (χ1n) is 11.7. The van der Waals surface area contributed by atoms with Gasteiger partial charge in [0.1, 0.15) is 17.1 Å². The summed E-state index contributed by atoms with van der Waals surface area (Å²) < 4.78 is 13.0. The van der Waals surface area contributed by atoms with Gasteiger partial charge in [0, 0.05) is 31.0 Å². The summed E-state index contributed by atoms with van der Waals surface area (Å²) in [6, 6.07) is 6.59. The van der Waals surface area contributed by atoms with Gasteiger partial charge < -0.3 is 19.8 Å². The molecular weight excluding hydrogens is 406 g/mol. The second-order valence-corrected chi connectivity index (χ2v) is 8.88. The molecule has 0 amide bonds. The van der Waals surface area contributed by atoms with E-state index in [0.717, 1.165) is 55.8 Å². The van der Waals surface area contributed by atoms with Crippen molar-refractivity contribution in [3.8, 4) is 17.1 Å². The number of aromatic nitrogens is 4. The SMILES string of the molecule is COc1cc(NC2CCOCC2)ccc1-c1nc2c(C)nn(C3CCCCC3)c2c(=O)[nH]1. The molecule has 2 aliphatic rings. The largest absolute Gasteiger partial charge is 0.496 e. The third-order valence-corrected chi connectivity index (χ3v) is 6.69. The molecule has 0 unspecified atom stereocenters. The summed E-state index contributed by atoms with van der Waals surface area (Å²) >= 11 is 0. The molecule has 2 N–H and O–H groups in total. The van der Waals surface area contributed by atoms with Gasteiger partial charge in [-0.05, 0) is 44.7 Å². The molecule has 1 aromatic carbocycles. The Hall–Kier alpha value is -2.87. The summed E-state index contributed by atoms with van der Waals surface area (Å²) in [6.45, 7) is 3.49. The first-order valence-corrected chi connectivity index (χ1v) is 11.7. The van der Waals surface area contributed by atoms with Crippen molar-refractivity contribution < 1.29 is 9.47 Å². The fourth-order valence-corrected chi connectivity index (χ4v) is 4.96. The number of hydrogen-bond donors (Lipinski definition) is 2. The van der Waals surface area contributed by atoms with Crippen molar-refractivity contribution in [3.63, 3.8) is 0 Å². The molecule has 2 aromatic heterocycles. The van der Waals surface area contributed by atoms with Crippen LogP contribution in [0.3, 0.4) is 0 Å². The second kappa shape index (κ2) is 8.94. The summed E-state index contributed by atoms with van der Waals surface area (Å²) in [4.78, 5) is 21.0. The van der Waals surface area contributed by atoms with Gasteiger partial charge in [-0.1, -0.05) is 19.3 Å². The van der Waals surface area contributed by atoms with Crippen LogP contribution in [0.5, 0.6) is 5.75 Å². The maximum atomic E-state index is 13.2. The van der Waals surface area contributed by atoms with Gasteiger partial charge in [-0.2, -0.15) is 5.10 Å². The lowest BCUT2D eigenvalue weighted by molar-refractivity contribution is 0.0904. The van der Waals surface area contributed by atoms with E-state index in [9.17, 15) is 4.79 Å². The van der Waals surface area contributed by atoms with Gasteiger partial charge in [0.25, 0.3) is 5.56 Å². The van der Waals surface area contributed by atoms with Crippen LogP contribution in [-0.2, 0) is 4.74 Å². The van der Waals surface area contributed by atoms with Crippen molar-refractivity contribution in [3.05, 3.63) is 34.2 Å². The number of ether oxygens (including phenoxy) is 2. The van der Waals surface area contributed by atoms with Gasteiger partial charge in [0.2, 0.25) is 0 Å². The number of hydrogen-bond acceptors (Lipinski definition) is 6. The van der Waals surface area contributed by atoms with E-state index in [-0.39, 0.29) is 11.6 Å². The van der Waals surface area contributed by atoms with Crippen LogP contribution in [0, 0.1) is 6.92 Å². The van der Waals surface area contributed by atoms with Crippen LogP contribution in [0.4, 0.5) is 5.69 Å². The molecule has 0 bridgehead atoms. The first-order chi connectivity index (χ1) is 15.6. The average Bonchev–Trinajstić information content (AvgIpc) is 3.17. The van der Waals surface area contributed by atoms with Crippen LogP contribution < -0.4 is 15.6 Å². The highest BCUT2D eigenvalue weighted by molar-refractivity contribution is 5.80. The highest BCUT2D eigenvalue weighted by Crippen LogP contribution is 2.33. The Morgan fingerprint density at radius 1 is 1.16 bits per heavy atom.